The molecule has 0 bridgehead atoms. The number of alkyl halides is 3. The van der Waals surface area contributed by atoms with Crippen molar-refractivity contribution in [3.8, 4) is 11.3 Å². The van der Waals surface area contributed by atoms with Crippen LogP contribution in [-0.2, 0) is 7.05 Å². The smallest absolute Gasteiger partial charge is 0.345 e. The number of benzene rings is 1. The van der Waals surface area contributed by atoms with Gasteiger partial charge in [-0.25, -0.2) is 0 Å². The van der Waals surface area contributed by atoms with E-state index >= 15 is 0 Å². The summed E-state index contributed by atoms with van der Waals surface area (Å²) in [6, 6.07) is 11.0. The molecule has 1 N–H and O–H groups in total. The van der Waals surface area contributed by atoms with Crippen molar-refractivity contribution in [1.29, 1.82) is 0 Å². The summed E-state index contributed by atoms with van der Waals surface area (Å²) in [5.41, 5.74) is 0.744. The monoisotopic (exact) mass is 446 g/mol. The van der Waals surface area contributed by atoms with E-state index in [1.54, 1.807) is 17.7 Å². The molecular formula is C22H21F3N4OS. The number of aryl methyl sites for hydroxylation is 1. The number of carbonyl (C=O) groups is 1. The number of rotatable bonds is 6. The van der Waals surface area contributed by atoms with Crippen LogP contribution >= 0.6 is 11.3 Å². The van der Waals surface area contributed by atoms with Gasteiger partial charge in [-0.05, 0) is 26.0 Å². The first kappa shape index (κ1) is 22.5. The minimum atomic E-state index is -4.54. The lowest BCUT2D eigenvalue weighted by Gasteiger charge is -2.08. The predicted molar refractivity (Wildman–Crippen MR) is 118 cm³/mol. The van der Waals surface area contributed by atoms with Crippen LogP contribution in [0.4, 0.5) is 13.2 Å². The molecular weight excluding hydrogens is 425 g/mol. The summed E-state index contributed by atoms with van der Waals surface area (Å²) in [5.74, 6) is -0.302. The molecule has 162 valence electrons. The molecule has 0 fully saturated rings. The van der Waals surface area contributed by atoms with Crippen LogP contribution in [0.15, 0.2) is 65.3 Å². The summed E-state index contributed by atoms with van der Waals surface area (Å²) >= 11 is 1.31. The number of hydrogen-bond acceptors (Lipinski definition) is 4. The first-order valence-corrected chi connectivity index (χ1v) is 10.3. The molecule has 1 atom stereocenters. The summed E-state index contributed by atoms with van der Waals surface area (Å²) in [6.45, 7) is 3.10. The third-order valence-electron chi connectivity index (χ3n) is 4.35. The number of hydrogen-bond donors (Lipinski definition) is 1. The molecule has 0 aliphatic heterocycles. The Bertz CT molecular complexity index is 1160. The maximum atomic E-state index is 12.8. The van der Waals surface area contributed by atoms with Gasteiger partial charge in [0.2, 0.25) is 0 Å². The van der Waals surface area contributed by atoms with Gasteiger partial charge in [-0.2, -0.15) is 18.3 Å². The molecule has 0 aliphatic rings. The number of halogens is 3. The Balaban J connectivity index is 1.76. The van der Waals surface area contributed by atoms with Gasteiger partial charge in [-0.3, -0.25) is 14.5 Å². The van der Waals surface area contributed by atoms with Crippen LogP contribution in [0.1, 0.15) is 23.5 Å². The number of aromatic nitrogens is 2. The molecule has 0 spiro atoms. The number of nitrogens with one attached hydrogen (secondary N) is 1. The maximum Gasteiger partial charge on any atom is 0.433 e. The van der Waals surface area contributed by atoms with E-state index in [2.05, 4.69) is 15.4 Å². The molecule has 0 saturated carbocycles. The van der Waals surface area contributed by atoms with Crippen LogP contribution in [0, 0.1) is 0 Å². The summed E-state index contributed by atoms with van der Waals surface area (Å²) < 4.78 is 40.2. The lowest BCUT2D eigenvalue weighted by molar-refractivity contribution is -0.0922. The second-order valence-corrected chi connectivity index (χ2v) is 7.78. The van der Waals surface area contributed by atoms with Crippen LogP contribution in [-0.4, -0.2) is 34.1 Å². The number of allylic oxidation sites excluding steroid dienone is 3. The Kier molecular flexibility index (Phi) is 6.74. The number of thiophene rings is 1. The number of fused-ring (bicyclic) bond motifs is 1. The Labute approximate surface area is 181 Å². The number of nitrogens with zero attached hydrogens (tertiary/aromatic N) is 3. The SMILES string of the molecule is C\C=N/C(=C\C=C\[C@@H](C)NC(=O)c1cc2c(-c3ccccc3)nn(C)c2s1)C(F)(F)F. The molecule has 3 aromatic rings. The highest BCUT2D eigenvalue weighted by molar-refractivity contribution is 7.20. The fraction of sp³-hybridized carbons (Fsp3) is 0.227. The summed E-state index contributed by atoms with van der Waals surface area (Å²) in [5, 5.41) is 8.20. The zero-order valence-electron chi connectivity index (χ0n) is 17.1. The first-order valence-electron chi connectivity index (χ1n) is 9.48. The van der Waals surface area contributed by atoms with Gasteiger partial charge in [-0.15, -0.1) is 11.3 Å². The molecule has 2 aromatic heterocycles. The van der Waals surface area contributed by atoms with Gasteiger partial charge >= 0.3 is 6.18 Å². The zero-order chi connectivity index (χ0) is 22.6. The highest BCUT2D eigenvalue weighted by atomic mass is 32.1. The normalized spacial score (nSPS) is 14.1. The van der Waals surface area contributed by atoms with Crippen LogP contribution in [0.25, 0.3) is 21.5 Å². The van der Waals surface area contributed by atoms with E-state index in [0.717, 1.165) is 33.8 Å². The Morgan fingerprint density at radius 3 is 2.65 bits per heavy atom. The third-order valence-corrected chi connectivity index (χ3v) is 5.55. The predicted octanol–water partition coefficient (Wildman–Crippen LogP) is 5.51. The van der Waals surface area contributed by atoms with Gasteiger partial charge in [0.15, 0.2) is 0 Å². The molecule has 31 heavy (non-hydrogen) atoms. The molecule has 9 heteroatoms. The first-order chi connectivity index (χ1) is 14.7. The lowest BCUT2D eigenvalue weighted by atomic mass is 10.1. The van der Waals surface area contributed by atoms with Crippen LogP contribution in [0.2, 0.25) is 0 Å². The van der Waals surface area contributed by atoms with E-state index in [1.165, 1.54) is 30.4 Å². The molecule has 3 rings (SSSR count). The van der Waals surface area contributed by atoms with E-state index in [-0.39, 0.29) is 5.91 Å². The molecule has 0 aliphatic carbocycles. The second-order valence-electron chi connectivity index (χ2n) is 6.75. The topological polar surface area (TPSA) is 59.3 Å². The molecule has 1 aromatic carbocycles. The highest BCUT2D eigenvalue weighted by Gasteiger charge is 2.32. The van der Waals surface area contributed by atoms with Crippen LogP contribution in [0.3, 0.4) is 0 Å². The van der Waals surface area contributed by atoms with Crippen molar-refractivity contribution in [3.63, 3.8) is 0 Å². The van der Waals surface area contributed by atoms with Crippen molar-refractivity contribution in [1.82, 2.24) is 15.1 Å². The van der Waals surface area contributed by atoms with Gasteiger partial charge in [0.05, 0.1) is 4.88 Å². The van der Waals surface area contributed by atoms with Crippen molar-refractivity contribution in [3.05, 3.63) is 65.2 Å². The average molecular weight is 446 g/mol. The van der Waals surface area contributed by atoms with Crippen LogP contribution in [0.5, 0.6) is 0 Å². The van der Waals surface area contributed by atoms with Gasteiger partial charge in [0, 0.05) is 30.3 Å². The average Bonchev–Trinajstić information content (AvgIpc) is 3.28. The Morgan fingerprint density at radius 2 is 2.00 bits per heavy atom. The van der Waals surface area contributed by atoms with E-state index in [1.807, 2.05) is 37.4 Å². The van der Waals surface area contributed by atoms with Gasteiger partial charge in [0.1, 0.15) is 16.2 Å². The second kappa shape index (κ2) is 9.30. The fourth-order valence-corrected chi connectivity index (χ4v) is 3.93. The standard InChI is InChI=1S/C22H21F3N4OS/c1-4-26-18(22(23,24)25)12-8-9-14(2)27-20(30)17-13-16-19(15-10-6-5-7-11-15)28-29(3)21(16)31-17/h4-14H,1-3H3,(H,27,30)/b9-8+,18-12-,26-4-/t14-/m1/s1. The minimum absolute atomic E-state index is 0.302. The summed E-state index contributed by atoms with van der Waals surface area (Å²) in [7, 11) is 1.82. The molecule has 2 heterocycles. The number of amides is 1. The van der Waals surface area contributed by atoms with Crippen molar-refractivity contribution in [2.75, 3.05) is 0 Å². The van der Waals surface area contributed by atoms with Crippen molar-refractivity contribution in [2.45, 2.75) is 26.1 Å². The number of carbonyl (C=O) groups excluding carboxylic acids is 1. The molecule has 5 nitrogen and oxygen atoms in total. The van der Waals surface area contributed by atoms with E-state index in [9.17, 15) is 18.0 Å². The van der Waals surface area contributed by atoms with Crippen molar-refractivity contribution < 1.29 is 18.0 Å². The minimum Gasteiger partial charge on any atom is -0.345 e. The van der Waals surface area contributed by atoms with Crippen molar-refractivity contribution in [2.24, 2.45) is 12.0 Å². The fourth-order valence-electron chi connectivity index (χ4n) is 2.95. The van der Waals surface area contributed by atoms with E-state index in [4.69, 9.17) is 0 Å². The van der Waals surface area contributed by atoms with Gasteiger partial charge < -0.3 is 5.32 Å². The number of aliphatic imine (C=N–C) groups is 1. The zero-order valence-corrected chi connectivity index (χ0v) is 18.0. The van der Waals surface area contributed by atoms with Gasteiger partial charge in [-0.1, -0.05) is 42.5 Å². The molecule has 0 radical (unpaired) electrons. The molecule has 0 saturated heterocycles. The Hall–Kier alpha value is -3.20. The third kappa shape index (κ3) is 5.29. The van der Waals surface area contributed by atoms with E-state index in [0.29, 0.717) is 4.88 Å². The van der Waals surface area contributed by atoms with E-state index < -0.39 is 17.9 Å². The molecule has 0 unspecified atom stereocenters. The van der Waals surface area contributed by atoms with Crippen LogP contribution < -0.4 is 5.32 Å². The summed E-state index contributed by atoms with van der Waals surface area (Å²) in [6.07, 6.45) is 0.130. The van der Waals surface area contributed by atoms with Gasteiger partial charge in [0.25, 0.3) is 5.91 Å². The molecule has 1 amide bonds. The van der Waals surface area contributed by atoms with Crippen molar-refractivity contribution >= 4 is 33.7 Å². The largest absolute Gasteiger partial charge is 0.433 e. The lowest BCUT2D eigenvalue weighted by Crippen LogP contribution is -2.30. The summed E-state index contributed by atoms with van der Waals surface area (Å²) in [4.78, 5) is 17.3. The maximum absolute atomic E-state index is 12.8. The quantitative estimate of drug-likeness (QED) is 0.401. The highest BCUT2D eigenvalue weighted by Crippen LogP contribution is 2.33. The Morgan fingerprint density at radius 1 is 1.29 bits per heavy atom.